The number of hydrogen-bond acceptors (Lipinski definition) is 1. The van der Waals surface area contributed by atoms with Gasteiger partial charge in [0.15, 0.2) is 0 Å². The fourth-order valence-electron chi connectivity index (χ4n) is 1.95. The van der Waals surface area contributed by atoms with Gasteiger partial charge in [-0.05, 0) is 12.1 Å². The summed E-state index contributed by atoms with van der Waals surface area (Å²) in [5, 5.41) is 0. The van der Waals surface area contributed by atoms with E-state index in [0.29, 0.717) is 0 Å². The molecule has 1 nitrogen and oxygen atoms in total. The molecule has 114 valence electrons. The molecular formula is C13H14F6O. The molecular weight excluding hydrogens is 286 g/mol. The third kappa shape index (κ3) is 2.71. The molecule has 0 amide bonds. The molecule has 0 heterocycles. The van der Waals surface area contributed by atoms with Crippen LogP contribution in [0.2, 0.25) is 0 Å². The molecule has 0 aliphatic rings. The molecule has 0 aromatic heterocycles. The summed E-state index contributed by atoms with van der Waals surface area (Å²) in [6.45, 7) is 2.53. The van der Waals surface area contributed by atoms with E-state index >= 15 is 0 Å². The van der Waals surface area contributed by atoms with Crippen LogP contribution < -0.4 is 4.74 Å². The lowest BCUT2D eigenvalue weighted by atomic mass is 9.75. The average molecular weight is 300 g/mol. The van der Waals surface area contributed by atoms with Gasteiger partial charge in [-0.25, -0.2) is 0 Å². The van der Waals surface area contributed by atoms with Crippen molar-refractivity contribution in [3.63, 3.8) is 0 Å². The van der Waals surface area contributed by atoms with E-state index < -0.39 is 29.1 Å². The third-order valence-electron chi connectivity index (χ3n) is 2.87. The van der Waals surface area contributed by atoms with Crippen LogP contribution in [0.25, 0.3) is 0 Å². The molecule has 0 N–H and O–H groups in total. The normalized spacial score (nSPS) is 14.2. The molecule has 0 radical (unpaired) electrons. The number of alkyl halides is 6. The van der Waals surface area contributed by atoms with Gasteiger partial charge in [0.1, 0.15) is 5.75 Å². The molecule has 0 aliphatic heterocycles. The highest BCUT2D eigenvalue weighted by Gasteiger charge is 2.78. The van der Waals surface area contributed by atoms with Gasteiger partial charge >= 0.3 is 18.0 Å². The lowest BCUT2D eigenvalue weighted by Crippen LogP contribution is -2.68. The summed E-state index contributed by atoms with van der Waals surface area (Å²) in [5.41, 5.74) is -6.52. The van der Waals surface area contributed by atoms with E-state index in [1.807, 2.05) is 0 Å². The van der Waals surface area contributed by atoms with Gasteiger partial charge in [0, 0.05) is 5.41 Å². The molecule has 0 spiro atoms. The Bertz CT molecular complexity index is 405. The number of benzene rings is 1. The van der Waals surface area contributed by atoms with E-state index in [-0.39, 0.29) is 0 Å². The molecule has 0 bridgehead atoms. The van der Waals surface area contributed by atoms with Gasteiger partial charge in [-0.15, -0.1) is 0 Å². The largest absolute Gasteiger partial charge is 0.468 e. The zero-order valence-corrected chi connectivity index (χ0v) is 11.1. The molecule has 0 aliphatic carbocycles. The van der Waals surface area contributed by atoms with Crippen molar-refractivity contribution < 1.29 is 31.1 Å². The van der Waals surface area contributed by atoms with Crippen molar-refractivity contribution in [3.8, 4) is 5.75 Å². The average Bonchev–Trinajstić information content (AvgIpc) is 2.22. The number of ether oxygens (including phenoxy) is 1. The van der Waals surface area contributed by atoms with E-state index in [1.165, 1.54) is 18.2 Å². The highest BCUT2D eigenvalue weighted by atomic mass is 19.4. The summed E-state index contributed by atoms with van der Waals surface area (Å²) < 4.78 is 83.7. The van der Waals surface area contributed by atoms with Crippen LogP contribution in [0.3, 0.4) is 0 Å². The minimum absolute atomic E-state index is 0.489. The van der Waals surface area contributed by atoms with E-state index in [2.05, 4.69) is 4.74 Å². The smallest absolute Gasteiger partial charge is 0.438 e. The Morgan fingerprint density at radius 1 is 0.750 bits per heavy atom. The van der Waals surface area contributed by atoms with Crippen molar-refractivity contribution in [3.05, 3.63) is 30.3 Å². The Labute approximate surface area is 112 Å². The number of rotatable bonds is 2. The van der Waals surface area contributed by atoms with Crippen molar-refractivity contribution in [1.82, 2.24) is 0 Å². The van der Waals surface area contributed by atoms with Gasteiger partial charge in [-0.2, -0.15) is 26.3 Å². The molecule has 20 heavy (non-hydrogen) atoms. The number of halogens is 6. The first-order valence-corrected chi connectivity index (χ1v) is 5.70. The maximum atomic E-state index is 13.2. The Hall–Kier alpha value is -1.40. The Morgan fingerprint density at radius 3 is 1.45 bits per heavy atom. The van der Waals surface area contributed by atoms with Gasteiger partial charge in [-0.1, -0.05) is 39.0 Å². The Morgan fingerprint density at radius 2 is 1.15 bits per heavy atom. The van der Waals surface area contributed by atoms with Crippen LogP contribution >= 0.6 is 0 Å². The van der Waals surface area contributed by atoms with Gasteiger partial charge < -0.3 is 4.74 Å². The maximum absolute atomic E-state index is 13.2. The van der Waals surface area contributed by atoms with E-state index in [9.17, 15) is 26.3 Å². The quantitative estimate of drug-likeness (QED) is 0.700. The molecule has 0 saturated carbocycles. The second-order valence-corrected chi connectivity index (χ2v) is 5.34. The molecule has 0 saturated heterocycles. The number of para-hydroxylation sites is 1. The highest BCUT2D eigenvalue weighted by molar-refractivity contribution is 5.24. The second kappa shape index (κ2) is 4.86. The van der Waals surface area contributed by atoms with Crippen LogP contribution in [0.15, 0.2) is 30.3 Å². The SMILES string of the molecule is CC(C)(C)C(Oc1ccccc1)(C(F)(F)F)C(F)(F)F. The van der Waals surface area contributed by atoms with Crippen molar-refractivity contribution in [2.75, 3.05) is 0 Å². The predicted octanol–water partition coefficient (Wildman–Crippen LogP) is 4.97. The minimum atomic E-state index is -5.61. The standard InChI is InChI=1S/C13H14F6O/c1-10(2,3)11(12(14,15)16,13(17,18)19)20-9-7-5-4-6-8-9/h4-8H,1-3H3. The summed E-state index contributed by atoms with van der Waals surface area (Å²) in [5.74, 6) is -0.489. The molecule has 7 heteroatoms. The zero-order chi connectivity index (χ0) is 15.8. The predicted molar refractivity (Wildman–Crippen MR) is 61.4 cm³/mol. The summed E-state index contributed by atoms with van der Waals surface area (Å²) >= 11 is 0. The maximum Gasteiger partial charge on any atom is 0.438 e. The Balaban J connectivity index is 3.48. The molecule has 1 rings (SSSR count). The first-order valence-electron chi connectivity index (χ1n) is 5.70. The summed E-state index contributed by atoms with van der Waals surface area (Å²) in [4.78, 5) is 0. The third-order valence-corrected chi connectivity index (χ3v) is 2.87. The first kappa shape index (κ1) is 16.7. The molecule has 0 unspecified atom stereocenters. The lowest BCUT2D eigenvalue weighted by molar-refractivity contribution is -0.386. The van der Waals surface area contributed by atoms with Gasteiger partial charge in [-0.3, -0.25) is 0 Å². The van der Waals surface area contributed by atoms with Gasteiger partial charge in [0.2, 0.25) is 0 Å². The van der Waals surface area contributed by atoms with Crippen LogP contribution in [-0.4, -0.2) is 18.0 Å². The summed E-state index contributed by atoms with van der Waals surface area (Å²) in [7, 11) is 0. The van der Waals surface area contributed by atoms with Crippen LogP contribution in [0, 0.1) is 5.41 Å². The second-order valence-electron chi connectivity index (χ2n) is 5.34. The van der Waals surface area contributed by atoms with Crippen molar-refractivity contribution in [1.29, 1.82) is 0 Å². The van der Waals surface area contributed by atoms with E-state index in [4.69, 9.17) is 0 Å². The van der Waals surface area contributed by atoms with Crippen molar-refractivity contribution in [2.45, 2.75) is 38.7 Å². The first-order chi connectivity index (χ1) is 8.83. The minimum Gasteiger partial charge on any atom is -0.468 e. The van der Waals surface area contributed by atoms with Crippen LogP contribution in [-0.2, 0) is 0 Å². The van der Waals surface area contributed by atoms with Crippen molar-refractivity contribution >= 4 is 0 Å². The lowest BCUT2D eigenvalue weighted by Gasteiger charge is -2.45. The topological polar surface area (TPSA) is 9.23 Å². The number of hydrogen-bond donors (Lipinski definition) is 0. The van der Waals surface area contributed by atoms with Gasteiger partial charge in [0.05, 0.1) is 0 Å². The van der Waals surface area contributed by atoms with Crippen molar-refractivity contribution in [2.24, 2.45) is 5.41 Å². The van der Waals surface area contributed by atoms with E-state index in [1.54, 1.807) is 0 Å². The monoisotopic (exact) mass is 300 g/mol. The van der Waals surface area contributed by atoms with Gasteiger partial charge in [0.25, 0.3) is 0 Å². The molecule has 1 aromatic carbocycles. The zero-order valence-electron chi connectivity index (χ0n) is 11.1. The van der Waals surface area contributed by atoms with Crippen LogP contribution in [0.4, 0.5) is 26.3 Å². The van der Waals surface area contributed by atoms with Crippen LogP contribution in [0.1, 0.15) is 20.8 Å². The molecule has 0 fully saturated rings. The fraction of sp³-hybridized carbons (Fsp3) is 0.538. The van der Waals surface area contributed by atoms with Crippen LogP contribution in [0.5, 0.6) is 5.75 Å². The Kier molecular flexibility index (Phi) is 4.04. The molecule has 0 atom stereocenters. The van der Waals surface area contributed by atoms with E-state index in [0.717, 1.165) is 32.9 Å². The fourth-order valence-corrected chi connectivity index (χ4v) is 1.95. The molecule has 1 aromatic rings. The summed E-state index contributed by atoms with van der Waals surface area (Å²) in [6.07, 6.45) is -11.2. The highest BCUT2D eigenvalue weighted by Crippen LogP contribution is 2.55. The summed E-state index contributed by atoms with van der Waals surface area (Å²) in [6, 6.07) is 6.17.